The first-order chi connectivity index (χ1) is 15.9. The highest BCUT2D eigenvalue weighted by atomic mass is 35.5. The summed E-state index contributed by atoms with van der Waals surface area (Å²) in [6, 6.07) is 16.5. The van der Waals surface area contributed by atoms with Crippen LogP contribution in [0.1, 0.15) is 23.0 Å². The van der Waals surface area contributed by atoms with Crippen molar-refractivity contribution in [1.29, 1.82) is 0 Å². The Morgan fingerprint density at radius 2 is 1.76 bits per heavy atom. The maximum absolute atomic E-state index is 13.3. The molecule has 1 saturated heterocycles. The zero-order valence-electron chi connectivity index (χ0n) is 19.7. The van der Waals surface area contributed by atoms with E-state index in [1.54, 1.807) is 0 Å². The number of benzene rings is 2. The summed E-state index contributed by atoms with van der Waals surface area (Å²) in [5.41, 5.74) is 7.01. The van der Waals surface area contributed by atoms with E-state index in [4.69, 9.17) is 11.6 Å². The maximum Gasteiger partial charge on any atom is 0.263 e. The van der Waals surface area contributed by atoms with Crippen LogP contribution >= 0.6 is 23.5 Å². The van der Waals surface area contributed by atoms with Crippen LogP contribution in [0.15, 0.2) is 48.5 Å². The molecule has 1 N–H and O–H groups in total. The Kier molecular flexibility index (Phi) is 7.37. The minimum atomic E-state index is -0.0672. The van der Waals surface area contributed by atoms with Crippen molar-refractivity contribution in [2.75, 3.05) is 44.4 Å². The lowest BCUT2D eigenvalue weighted by molar-refractivity contribution is 0.0984. The van der Waals surface area contributed by atoms with Gasteiger partial charge in [0.25, 0.3) is 5.91 Å². The molecule has 5 nitrogen and oxygen atoms in total. The zero-order chi connectivity index (χ0) is 23.5. The van der Waals surface area contributed by atoms with Gasteiger partial charge >= 0.3 is 0 Å². The van der Waals surface area contributed by atoms with Crippen molar-refractivity contribution in [2.24, 2.45) is 0 Å². The summed E-state index contributed by atoms with van der Waals surface area (Å²) in [4.78, 5) is 18.1. The second-order valence-electron chi connectivity index (χ2n) is 8.41. The van der Waals surface area contributed by atoms with Gasteiger partial charge in [-0.3, -0.25) is 9.52 Å². The summed E-state index contributed by atoms with van der Waals surface area (Å²) in [6.07, 6.45) is 1.87. The number of nitrogens with one attached hydrogen (secondary N) is 1. The van der Waals surface area contributed by atoms with Gasteiger partial charge < -0.3 is 14.4 Å². The fourth-order valence-corrected chi connectivity index (χ4v) is 5.08. The van der Waals surface area contributed by atoms with Crippen molar-refractivity contribution in [3.8, 4) is 22.4 Å². The van der Waals surface area contributed by atoms with Gasteiger partial charge in [-0.15, -0.1) is 0 Å². The van der Waals surface area contributed by atoms with E-state index >= 15 is 0 Å². The van der Waals surface area contributed by atoms with Crippen LogP contribution in [0.4, 0.5) is 5.69 Å². The highest BCUT2D eigenvalue weighted by molar-refractivity contribution is 7.97. The minimum Gasteiger partial charge on any atom is -0.369 e. The van der Waals surface area contributed by atoms with Gasteiger partial charge in [-0.2, -0.15) is 0 Å². The Labute approximate surface area is 205 Å². The van der Waals surface area contributed by atoms with Crippen molar-refractivity contribution >= 4 is 35.1 Å². The van der Waals surface area contributed by atoms with Gasteiger partial charge in [-0.25, -0.2) is 0 Å². The molecule has 2 aromatic carbocycles. The average molecular weight is 483 g/mol. The number of likely N-dealkylation sites (N-methyl/N-ethyl adjacent to an activating group) is 1. The zero-order valence-corrected chi connectivity index (χ0v) is 21.3. The van der Waals surface area contributed by atoms with Crippen LogP contribution in [0.3, 0.4) is 0 Å². The summed E-state index contributed by atoms with van der Waals surface area (Å²) in [5, 5.41) is 0.698. The highest BCUT2D eigenvalue weighted by Crippen LogP contribution is 2.41. The highest BCUT2D eigenvalue weighted by Gasteiger charge is 2.27. The lowest BCUT2D eigenvalue weighted by atomic mass is 9.96. The predicted molar refractivity (Wildman–Crippen MR) is 141 cm³/mol. The Morgan fingerprint density at radius 3 is 2.39 bits per heavy atom. The second-order valence-corrected chi connectivity index (χ2v) is 9.46. The van der Waals surface area contributed by atoms with Gasteiger partial charge in [0.15, 0.2) is 0 Å². The van der Waals surface area contributed by atoms with Crippen molar-refractivity contribution in [3.05, 3.63) is 64.8 Å². The standard InChI is InChI=1S/C26H31ClN4OS/c1-5-31-18(2)23(26(32)28-33-4)24(25(31)19-9-11-21(27)12-10-19)20-7-6-8-22(17-20)30-15-13-29(3)14-16-30/h6-12,17H,5,13-16H2,1-4H3,(H,28,32). The first-order valence-electron chi connectivity index (χ1n) is 11.3. The molecule has 1 fully saturated rings. The molecule has 174 valence electrons. The number of nitrogens with zero attached hydrogens (tertiary/aromatic N) is 3. The first-order valence-corrected chi connectivity index (χ1v) is 12.9. The van der Waals surface area contributed by atoms with Crippen LogP contribution in [-0.4, -0.2) is 54.9 Å². The number of anilines is 1. The number of carbonyl (C=O) groups excluding carboxylic acids is 1. The molecule has 1 aliphatic heterocycles. The third-order valence-electron chi connectivity index (χ3n) is 6.38. The molecular formula is C26H31ClN4OS. The van der Waals surface area contributed by atoms with E-state index in [1.807, 2.05) is 37.4 Å². The van der Waals surface area contributed by atoms with Crippen LogP contribution in [0.2, 0.25) is 5.02 Å². The third kappa shape index (κ3) is 4.79. The number of piperazine rings is 1. The van der Waals surface area contributed by atoms with Crippen molar-refractivity contribution < 1.29 is 4.79 Å². The molecule has 0 bridgehead atoms. The lowest BCUT2D eigenvalue weighted by Crippen LogP contribution is -2.44. The number of amides is 1. The van der Waals surface area contributed by atoms with E-state index < -0.39 is 0 Å². The molecule has 0 aliphatic carbocycles. The molecule has 0 unspecified atom stereocenters. The Morgan fingerprint density at radius 1 is 1.06 bits per heavy atom. The lowest BCUT2D eigenvalue weighted by Gasteiger charge is -2.34. The van der Waals surface area contributed by atoms with Crippen LogP contribution < -0.4 is 9.62 Å². The molecule has 33 heavy (non-hydrogen) atoms. The smallest absolute Gasteiger partial charge is 0.263 e. The van der Waals surface area contributed by atoms with Gasteiger partial charge in [0.2, 0.25) is 0 Å². The van der Waals surface area contributed by atoms with Crippen molar-refractivity contribution in [3.63, 3.8) is 0 Å². The van der Waals surface area contributed by atoms with E-state index in [0.717, 1.165) is 66.4 Å². The minimum absolute atomic E-state index is 0.0672. The van der Waals surface area contributed by atoms with E-state index in [0.29, 0.717) is 5.02 Å². The summed E-state index contributed by atoms with van der Waals surface area (Å²) in [5.74, 6) is -0.0672. The Balaban J connectivity index is 1.92. The maximum atomic E-state index is 13.3. The molecule has 1 aliphatic rings. The fraction of sp³-hybridized carbons (Fsp3) is 0.346. The van der Waals surface area contributed by atoms with Gasteiger partial charge in [0.1, 0.15) is 0 Å². The molecule has 3 aromatic rings. The number of hydrogen-bond acceptors (Lipinski definition) is 4. The van der Waals surface area contributed by atoms with Crippen LogP contribution in [-0.2, 0) is 6.54 Å². The first kappa shape index (κ1) is 23.7. The van der Waals surface area contributed by atoms with E-state index in [1.165, 1.54) is 17.6 Å². The molecular weight excluding hydrogens is 452 g/mol. The van der Waals surface area contributed by atoms with Gasteiger partial charge in [0, 0.05) is 60.9 Å². The largest absolute Gasteiger partial charge is 0.369 e. The third-order valence-corrected chi connectivity index (χ3v) is 7.02. The molecule has 7 heteroatoms. The Bertz CT molecular complexity index is 1130. The number of aromatic nitrogens is 1. The average Bonchev–Trinajstić information content (AvgIpc) is 3.12. The monoisotopic (exact) mass is 482 g/mol. The van der Waals surface area contributed by atoms with Gasteiger partial charge in [-0.1, -0.05) is 47.8 Å². The molecule has 4 rings (SSSR count). The Hall–Kier alpha value is -2.41. The summed E-state index contributed by atoms with van der Waals surface area (Å²) in [7, 11) is 2.17. The van der Waals surface area contributed by atoms with Crippen molar-refractivity contribution in [1.82, 2.24) is 14.2 Å². The number of halogens is 1. The summed E-state index contributed by atoms with van der Waals surface area (Å²) >= 11 is 7.52. The summed E-state index contributed by atoms with van der Waals surface area (Å²) in [6.45, 7) is 9.01. The SMILES string of the molecule is CCn1c(C)c(C(=O)NSC)c(-c2cccc(N3CCN(C)CC3)c2)c1-c1ccc(Cl)cc1. The van der Waals surface area contributed by atoms with E-state index in [-0.39, 0.29) is 5.91 Å². The molecule has 0 atom stereocenters. The van der Waals surface area contributed by atoms with Crippen LogP contribution in [0, 0.1) is 6.92 Å². The normalized spacial score (nSPS) is 14.5. The van der Waals surface area contributed by atoms with Gasteiger partial charge in [0.05, 0.1) is 11.3 Å². The molecule has 0 spiro atoms. The number of rotatable bonds is 6. The molecule has 1 aromatic heterocycles. The number of hydrogen-bond donors (Lipinski definition) is 1. The van der Waals surface area contributed by atoms with E-state index in [2.05, 4.69) is 57.3 Å². The van der Waals surface area contributed by atoms with Crippen LogP contribution in [0.5, 0.6) is 0 Å². The van der Waals surface area contributed by atoms with Gasteiger partial charge in [-0.05, 0) is 56.3 Å². The molecule has 1 amide bonds. The molecule has 0 radical (unpaired) electrons. The fourth-order valence-electron chi connectivity index (χ4n) is 4.67. The predicted octanol–water partition coefficient (Wildman–Crippen LogP) is 5.56. The molecule has 0 saturated carbocycles. The van der Waals surface area contributed by atoms with Crippen LogP contribution in [0.25, 0.3) is 22.4 Å². The quantitative estimate of drug-likeness (QED) is 0.467. The number of carbonyl (C=O) groups is 1. The van der Waals surface area contributed by atoms with E-state index in [9.17, 15) is 4.79 Å². The molecule has 2 heterocycles. The topological polar surface area (TPSA) is 40.5 Å². The summed E-state index contributed by atoms with van der Waals surface area (Å²) < 4.78 is 5.18. The van der Waals surface area contributed by atoms with Crippen molar-refractivity contribution in [2.45, 2.75) is 20.4 Å². The second kappa shape index (κ2) is 10.2.